The monoisotopic (exact) mass is 190 g/mol. The van der Waals surface area contributed by atoms with Crippen LogP contribution in [-0.4, -0.2) is 6.61 Å². The summed E-state index contributed by atoms with van der Waals surface area (Å²) in [6, 6.07) is 8.39. The third kappa shape index (κ3) is 4.13. The minimum absolute atomic E-state index is 0.818. The van der Waals surface area contributed by atoms with Crippen LogP contribution in [0.2, 0.25) is 0 Å². The van der Waals surface area contributed by atoms with Gasteiger partial charge in [0.05, 0.1) is 12.9 Å². The van der Waals surface area contributed by atoms with Gasteiger partial charge in [-0.2, -0.15) is 0 Å². The van der Waals surface area contributed by atoms with Crippen molar-refractivity contribution in [3.05, 3.63) is 41.7 Å². The van der Waals surface area contributed by atoms with E-state index in [0.717, 1.165) is 13.0 Å². The molecule has 1 heteroatoms. The van der Waals surface area contributed by atoms with E-state index < -0.39 is 0 Å². The van der Waals surface area contributed by atoms with Gasteiger partial charge in [0.25, 0.3) is 0 Å². The highest BCUT2D eigenvalue weighted by atomic mass is 16.5. The molecular weight excluding hydrogens is 172 g/mol. The normalized spacial score (nSPS) is 10.7. The number of hydrogen-bond acceptors (Lipinski definition) is 1. The molecule has 0 spiro atoms. The number of benzene rings is 1. The Morgan fingerprint density at radius 2 is 1.93 bits per heavy atom. The van der Waals surface area contributed by atoms with E-state index in [2.05, 4.69) is 38.1 Å². The summed E-state index contributed by atoms with van der Waals surface area (Å²) in [6.45, 7) is 5.07. The molecule has 1 aromatic carbocycles. The first-order chi connectivity index (χ1) is 6.83. The maximum atomic E-state index is 5.33. The second kappa shape index (κ2) is 6.25. The fourth-order valence-corrected chi connectivity index (χ4v) is 1.10. The zero-order chi connectivity index (χ0) is 10.2. The van der Waals surface area contributed by atoms with Crippen LogP contribution < -0.4 is 0 Å². The van der Waals surface area contributed by atoms with Gasteiger partial charge in [-0.25, -0.2) is 0 Å². The maximum Gasteiger partial charge on any atom is 0.0873 e. The summed E-state index contributed by atoms with van der Waals surface area (Å²) in [5.74, 6) is 0. The van der Waals surface area contributed by atoms with Gasteiger partial charge in [-0.3, -0.25) is 0 Å². The molecule has 0 radical (unpaired) electrons. The van der Waals surface area contributed by atoms with Crippen molar-refractivity contribution in [2.45, 2.75) is 26.7 Å². The molecule has 0 aliphatic carbocycles. The highest BCUT2D eigenvalue weighted by Gasteiger charge is 1.86. The molecule has 0 saturated carbocycles. The molecule has 76 valence electrons. The maximum absolute atomic E-state index is 5.33. The molecule has 0 N–H and O–H groups in total. The predicted octanol–water partition coefficient (Wildman–Crippen LogP) is 3.78. The first-order valence-electron chi connectivity index (χ1n) is 5.17. The molecule has 0 heterocycles. The molecule has 14 heavy (non-hydrogen) atoms. The van der Waals surface area contributed by atoms with Crippen molar-refractivity contribution < 1.29 is 4.74 Å². The highest BCUT2D eigenvalue weighted by molar-refractivity contribution is 5.48. The molecule has 0 unspecified atom stereocenters. The van der Waals surface area contributed by atoms with E-state index >= 15 is 0 Å². The third-order valence-electron chi connectivity index (χ3n) is 2.05. The van der Waals surface area contributed by atoms with Crippen LogP contribution in [0.5, 0.6) is 0 Å². The van der Waals surface area contributed by atoms with Gasteiger partial charge in [-0.05, 0) is 25.0 Å². The molecule has 0 aromatic heterocycles. The Labute approximate surface area is 86.4 Å². The van der Waals surface area contributed by atoms with Crippen LogP contribution in [0.15, 0.2) is 30.5 Å². The zero-order valence-electron chi connectivity index (χ0n) is 8.99. The quantitative estimate of drug-likeness (QED) is 0.507. The number of ether oxygens (including phenoxy) is 1. The van der Waals surface area contributed by atoms with Crippen molar-refractivity contribution in [3.63, 3.8) is 0 Å². The van der Waals surface area contributed by atoms with Gasteiger partial charge in [-0.1, -0.05) is 43.2 Å². The van der Waals surface area contributed by atoms with Crippen LogP contribution in [0, 0.1) is 6.92 Å². The Kier molecular flexibility index (Phi) is 4.84. The standard InChI is InChI=1S/C13H18O/c1-3-4-10-14-11-9-13-7-5-12(2)6-8-13/h5-9,11H,3-4,10H2,1-2H3/b11-9+. The second-order valence-corrected chi connectivity index (χ2v) is 3.44. The van der Waals surface area contributed by atoms with E-state index in [1.54, 1.807) is 6.26 Å². The summed E-state index contributed by atoms with van der Waals surface area (Å²) in [7, 11) is 0. The van der Waals surface area contributed by atoms with Gasteiger partial charge in [-0.15, -0.1) is 0 Å². The molecule has 0 bridgehead atoms. The smallest absolute Gasteiger partial charge is 0.0873 e. The molecule has 1 rings (SSSR count). The molecule has 0 fully saturated rings. The molecule has 0 aliphatic rings. The molecule has 1 aromatic rings. The summed E-state index contributed by atoms with van der Waals surface area (Å²) in [4.78, 5) is 0. The largest absolute Gasteiger partial charge is 0.501 e. The molecule has 1 nitrogen and oxygen atoms in total. The zero-order valence-corrected chi connectivity index (χ0v) is 8.99. The number of rotatable bonds is 5. The van der Waals surface area contributed by atoms with E-state index in [1.165, 1.54) is 17.5 Å². The van der Waals surface area contributed by atoms with Crippen molar-refractivity contribution in [2.75, 3.05) is 6.61 Å². The van der Waals surface area contributed by atoms with E-state index in [9.17, 15) is 0 Å². The number of hydrogen-bond donors (Lipinski definition) is 0. The van der Waals surface area contributed by atoms with Crippen molar-refractivity contribution in [3.8, 4) is 0 Å². The van der Waals surface area contributed by atoms with Crippen LogP contribution in [0.3, 0.4) is 0 Å². The fraction of sp³-hybridized carbons (Fsp3) is 0.385. The van der Waals surface area contributed by atoms with E-state index in [-0.39, 0.29) is 0 Å². The lowest BCUT2D eigenvalue weighted by Gasteiger charge is -1.98. The van der Waals surface area contributed by atoms with Crippen molar-refractivity contribution in [1.29, 1.82) is 0 Å². The van der Waals surface area contributed by atoms with Gasteiger partial charge >= 0.3 is 0 Å². The summed E-state index contributed by atoms with van der Waals surface area (Å²) >= 11 is 0. The Morgan fingerprint density at radius 3 is 2.57 bits per heavy atom. The predicted molar refractivity (Wildman–Crippen MR) is 61.1 cm³/mol. The number of aryl methyl sites for hydroxylation is 1. The van der Waals surface area contributed by atoms with Crippen LogP contribution in [-0.2, 0) is 4.74 Å². The van der Waals surface area contributed by atoms with E-state index in [0.29, 0.717) is 0 Å². The second-order valence-electron chi connectivity index (χ2n) is 3.44. The molecular formula is C13H18O. The summed E-state index contributed by atoms with van der Waals surface area (Å²) < 4.78 is 5.33. The Balaban J connectivity index is 2.33. The summed E-state index contributed by atoms with van der Waals surface area (Å²) in [6.07, 6.45) is 6.08. The van der Waals surface area contributed by atoms with Crippen LogP contribution >= 0.6 is 0 Å². The first kappa shape index (κ1) is 10.8. The summed E-state index contributed by atoms with van der Waals surface area (Å²) in [5, 5.41) is 0. The lowest BCUT2D eigenvalue weighted by Crippen LogP contribution is -1.84. The first-order valence-corrected chi connectivity index (χ1v) is 5.17. The lowest BCUT2D eigenvalue weighted by molar-refractivity contribution is 0.246. The van der Waals surface area contributed by atoms with Gasteiger partial charge in [0.2, 0.25) is 0 Å². The van der Waals surface area contributed by atoms with Gasteiger partial charge < -0.3 is 4.74 Å². The minimum atomic E-state index is 0.818. The fourth-order valence-electron chi connectivity index (χ4n) is 1.10. The average molecular weight is 190 g/mol. The van der Waals surface area contributed by atoms with Gasteiger partial charge in [0, 0.05) is 0 Å². The third-order valence-corrected chi connectivity index (χ3v) is 2.05. The molecule has 0 saturated heterocycles. The van der Waals surface area contributed by atoms with Crippen LogP contribution in [0.1, 0.15) is 30.9 Å². The van der Waals surface area contributed by atoms with E-state index in [4.69, 9.17) is 4.74 Å². The highest BCUT2D eigenvalue weighted by Crippen LogP contribution is 2.05. The Morgan fingerprint density at radius 1 is 1.21 bits per heavy atom. The van der Waals surface area contributed by atoms with Crippen molar-refractivity contribution in [2.24, 2.45) is 0 Å². The molecule has 0 amide bonds. The molecule has 0 atom stereocenters. The van der Waals surface area contributed by atoms with Crippen LogP contribution in [0.25, 0.3) is 6.08 Å². The average Bonchev–Trinajstić information content (AvgIpc) is 2.21. The minimum Gasteiger partial charge on any atom is -0.501 e. The van der Waals surface area contributed by atoms with Gasteiger partial charge in [0.15, 0.2) is 0 Å². The SMILES string of the molecule is CCCCO/C=C/c1ccc(C)cc1. The van der Waals surface area contributed by atoms with Crippen molar-refractivity contribution >= 4 is 6.08 Å². The van der Waals surface area contributed by atoms with Crippen LogP contribution in [0.4, 0.5) is 0 Å². The van der Waals surface area contributed by atoms with Gasteiger partial charge in [0.1, 0.15) is 0 Å². The van der Waals surface area contributed by atoms with E-state index in [1.807, 2.05) is 6.08 Å². The number of unbranched alkanes of at least 4 members (excludes halogenated alkanes) is 1. The summed E-state index contributed by atoms with van der Waals surface area (Å²) in [5.41, 5.74) is 2.47. The topological polar surface area (TPSA) is 9.23 Å². The lowest BCUT2D eigenvalue weighted by atomic mass is 10.1. The Hall–Kier alpha value is -1.24. The van der Waals surface area contributed by atoms with Crippen molar-refractivity contribution in [1.82, 2.24) is 0 Å². The Bertz CT molecular complexity index is 272. The molecule has 0 aliphatic heterocycles.